The van der Waals surface area contributed by atoms with Gasteiger partial charge in [0.2, 0.25) is 5.56 Å². The summed E-state index contributed by atoms with van der Waals surface area (Å²) in [6, 6.07) is 3.88. The van der Waals surface area contributed by atoms with Crippen LogP contribution in [0.25, 0.3) is 0 Å². The van der Waals surface area contributed by atoms with Gasteiger partial charge in [-0.05, 0) is 6.07 Å². The summed E-state index contributed by atoms with van der Waals surface area (Å²) in [4.78, 5) is 25.7. The number of amides is 1. The van der Waals surface area contributed by atoms with Crippen molar-refractivity contribution >= 4 is 5.91 Å². The second-order valence-corrected chi connectivity index (χ2v) is 3.29. The summed E-state index contributed by atoms with van der Waals surface area (Å²) in [5.41, 5.74) is -0.566. The molecule has 7 heteroatoms. The molecule has 5 nitrogen and oxygen atoms in total. The molecule has 1 heterocycles. The number of hydrogen-bond donors (Lipinski definition) is 2. The fraction of sp³-hybridized carbons (Fsp3) is 0.400. The van der Waals surface area contributed by atoms with Crippen molar-refractivity contribution in [1.29, 1.82) is 0 Å². The second-order valence-electron chi connectivity index (χ2n) is 3.29. The van der Waals surface area contributed by atoms with E-state index in [-0.39, 0.29) is 12.2 Å². The molecule has 0 radical (unpaired) electrons. The summed E-state index contributed by atoms with van der Waals surface area (Å²) in [5.74, 6) is -0.739. The molecule has 1 aromatic rings. The fourth-order valence-corrected chi connectivity index (χ4v) is 1.31. The molecule has 0 saturated carbocycles. The van der Waals surface area contributed by atoms with Crippen LogP contribution in [-0.2, 0) is 0 Å². The van der Waals surface area contributed by atoms with Crippen LogP contribution in [0.3, 0.4) is 0 Å². The quantitative estimate of drug-likeness (QED) is 0.772. The highest BCUT2D eigenvalue weighted by atomic mass is 19.3. The zero-order valence-corrected chi connectivity index (χ0v) is 8.90. The van der Waals surface area contributed by atoms with E-state index < -0.39 is 31.0 Å². The number of nitrogens with zero attached hydrogens (tertiary/aromatic N) is 1. The number of pyridine rings is 1. The van der Waals surface area contributed by atoms with E-state index in [0.717, 1.165) is 4.90 Å². The lowest BCUT2D eigenvalue weighted by atomic mass is 10.3. The molecule has 2 N–H and O–H groups in total. The van der Waals surface area contributed by atoms with Crippen molar-refractivity contribution in [1.82, 2.24) is 9.88 Å². The van der Waals surface area contributed by atoms with E-state index in [4.69, 9.17) is 5.11 Å². The molecule has 0 spiro atoms. The lowest BCUT2D eigenvalue weighted by Crippen LogP contribution is -2.38. The summed E-state index contributed by atoms with van der Waals surface area (Å²) < 4.78 is 24.4. The summed E-state index contributed by atoms with van der Waals surface area (Å²) >= 11 is 0. The van der Waals surface area contributed by atoms with Crippen LogP contribution in [0.5, 0.6) is 0 Å². The third kappa shape index (κ3) is 3.95. The molecular formula is C10H12F2N2O3. The first kappa shape index (κ1) is 13.3. The summed E-state index contributed by atoms with van der Waals surface area (Å²) in [5, 5.41) is 8.69. The third-order valence-electron chi connectivity index (χ3n) is 2.01. The van der Waals surface area contributed by atoms with Crippen LogP contribution in [0.4, 0.5) is 8.78 Å². The molecule has 0 aliphatic carbocycles. The van der Waals surface area contributed by atoms with Crippen LogP contribution in [0.2, 0.25) is 0 Å². The minimum absolute atomic E-state index is 0.0772. The highest BCUT2D eigenvalue weighted by Crippen LogP contribution is 2.03. The number of rotatable bonds is 5. The second kappa shape index (κ2) is 6.09. The van der Waals surface area contributed by atoms with Gasteiger partial charge in [-0.15, -0.1) is 0 Å². The number of aromatic nitrogens is 1. The van der Waals surface area contributed by atoms with Gasteiger partial charge in [-0.1, -0.05) is 6.07 Å². The lowest BCUT2D eigenvalue weighted by Gasteiger charge is -2.20. The number of carbonyl (C=O) groups excluding carboxylic acids is 1. The number of nitrogens with one attached hydrogen (secondary N) is 1. The lowest BCUT2D eigenvalue weighted by molar-refractivity contribution is 0.0504. The Morgan fingerprint density at radius 2 is 2.18 bits per heavy atom. The van der Waals surface area contributed by atoms with Crippen molar-refractivity contribution in [3.05, 3.63) is 34.2 Å². The van der Waals surface area contributed by atoms with Gasteiger partial charge >= 0.3 is 0 Å². The van der Waals surface area contributed by atoms with Crippen LogP contribution >= 0.6 is 0 Å². The van der Waals surface area contributed by atoms with Crippen molar-refractivity contribution in [2.45, 2.75) is 6.43 Å². The number of halogens is 2. The molecule has 94 valence electrons. The van der Waals surface area contributed by atoms with Crippen molar-refractivity contribution in [2.75, 3.05) is 19.7 Å². The van der Waals surface area contributed by atoms with Crippen molar-refractivity contribution in [3.8, 4) is 0 Å². The summed E-state index contributed by atoms with van der Waals surface area (Å²) in [7, 11) is 0. The Labute approximate surface area is 95.7 Å². The smallest absolute Gasteiger partial charge is 0.270 e. The van der Waals surface area contributed by atoms with Crippen LogP contribution in [0.15, 0.2) is 23.0 Å². The molecule has 0 unspecified atom stereocenters. The predicted octanol–water partition coefficient (Wildman–Crippen LogP) is 0.0745. The standard InChI is InChI=1S/C10H12F2N2O3/c11-8(12)6-14(4-5-15)10(17)7-2-1-3-9(16)13-7/h1-3,8,15H,4-6H2,(H,13,16). The Bertz CT molecular complexity index is 434. The molecule has 0 bridgehead atoms. The molecule has 0 aliphatic heterocycles. The van der Waals surface area contributed by atoms with Crippen LogP contribution < -0.4 is 5.56 Å². The number of aliphatic hydroxyl groups is 1. The van der Waals surface area contributed by atoms with E-state index in [2.05, 4.69) is 4.98 Å². The average molecular weight is 246 g/mol. The first-order valence-corrected chi connectivity index (χ1v) is 4.92. The van der Waals surface area contributed by atoms with E-state index in [9.17, 15) is 18.4 Å². The number of hydrogen-bond acceptors (Lipinski definition) is 3. The minimum Gasteiger partial charge on any atom is -0.395 e. The predicted molar refractivity (Wildman–Crippen MR) is 56.1 cm³/mol. The highest BCUT2D eigenvalue weighted by Gasteiger charge is 2.19. The number of aliphatic hydroxyl groups excluding tert-OH is 1. The largest absolute Gasteiger partial charge is 0.395 e. The van der Waals surface area contributed by atoms with Crippen LogP contribution in [-0.4, -0.2) is 47.0 Å². The van der Waals surface area contributed by atoms with Gasteiger partial charge in [0, 0.05) is 12.6 Å². The van der Waals surface area contributed by atoms with Gasteiger partial charge < -0.3 is 15.0 Å². The Morgan fingerprint density at radius 3 is 2.71 bits per heavy atom. The van der Waals surface area contributed by atoms with Gasteiger partial charge in [0.15, 0.2) is 0 Å². The molecule has 0 atom stereocenters. The minimum atomic E-state index is -2.69. The van der Waals surface area contributed by atoms with E-state index >= 15 is 0 Å². The van der Waals surface area contributed by atoms with E-state index in [1.165, 1.54) is 18.2 Å². The maximum Gasteiger partial charge on any atom is 0.270 e. The van der Waals surface area contributed by atoms with E-state index in [1.807, 2.05) is 0 Å². The zero-order valence-electron chi connectivity index (χ0n) is 8.90. The Kier molecular flexibility index (Phi) is 4.77. The van der Waals surface area contributed by atoms with Gasteiger partial charge in [0.05, 0.1) is 13.2 Å². The topological polar surface area (TPSA) is 73.4 Å². The maximum atomic E-state index is 12.2. The van der Waals surface area contributed by atoms with Crippen molar-refractivity contribution in [2.24, 2.45) is 0 Å². The zero-order chi connectivity index (χ0) is 12.8. The summed E-state index contributed by atoms with van der Waals surface area (Å²) in [6.45, 7) is -1.41. The van der Waals surface area contributed by atoms with Crippen LogP contribution in [0.1, 0.15) is 10.5 Å². The number of alkyl halides is 2. The first-order chi connectivity index (χ1) is 8.04. The Balaban J connectivity index is 2.87. The molecular weight excluding hydrogens is 234 g/mol. The molecule has 17 heavy (non-hydrogen) atoms. The molecule has 0 saturated heterocycles. The van der Waals surface area contributed by atoms with Gasteiger partial charge in [-0.3, -0.25) is 9.59 Å². The van der Waals surface area contributed by atoms with Gasteiger partial charge in [-0.25, -0.2) is 8.78 Å². The van der Waals surface area contributed by atoms with Gasteiger partial charge in [0.25, 0.3) is 12.3 Å². The third-order valence-corrected chi connectivity index (χ3v) is 2.01. The number of carbonyl (C=O) groups is 1. The SMILES string of the molecule is O=C(c1cccc(=O)[nH]1)N(CCO)CC(F)F. The normalized spacial score (nSPS) is 10.6. The fourth-order valence-electron chi connectivity index (χ4n) is 1.31. The molecule has 1 aromatic heterocycles. The Morgan fingerprint density at radius 1 is 1.47 bits per heavy atom. The van der Waals surface area contributed by atoms with Gasteiger partial charge in [0.1, 0.15) is 5.69 Å². The number of H-pyrrole nitrogens is 1. The molecule has 1 amide bonds. The molecule has 0 fully saturated rings. The van der Waals surface area contributed by atoms with Crippen LogP contribution in [0, 0.1) is 0 Å². The van der Waals surface area contributed by atoms with E-state index in [0.29, 0.717) is 0 Å². The number of aromatic amines is 1. The highest BCUT2D eigenvalue weighted by molar-refractivity contribution is 5.92. The maximum absolute atomic E-state index is 12.2. The first-order valence-electron chi connectivity index (χ1n) is 4.92. The molecule has 0 aliphatic rings. The average Bonchev–Trinajstić information content (AvgIpc) is 2.27. The summed E-state index contributed by atoms with van der Waals surface area (Å²) in [6.07, 6.45) is -2.69. The Hall–Kier alpha value is -1.76. The molecule has 0 aromatic carbocycles. The van der Waals surface area contributed by atoms with Gasteiger partial charge in [-0.2, -0.15) is 0 Å². The van der Waals surface area contributed by atoms with Crippen molar-refractivity contribution in [3.63, 3.8) is 0 Å². The molecule has 1 rings (SSSR count). The van der Waals surface area contributed by atoms with E-state index in [1.54, 1.807) is 0 Å². The monoisotopic (exact) mass is 246 g/mol. The van der Waals surface area contributed by atoms with Crippen molar-refractivity contribution < 1.29 is 18.7 Å².